The predicted molar refractivity (Wildman–Crippen MR) is 103 cm³/mol. The molecule has 3 rings (SSSR count). The van der Waals surface area contributed by atoms with Crippen molar-refractivity contribution in [3.05, 3.63) is 87.6 Å². The summed E-state index contributed by atoms with van der Waals surface area (Å²) in [4.78, 5) is 18.9. The minimum absolute atomic E-state index is 0.00771. The molecular weight excluding hydrogens is 347 g/mol. The van der Waals surface area contributed by atoms with Gasteiger partial charge in [-0.15, -0.1) is 11.3 Å². The summed E-state index contributed by atoms with van der Waals surface area (Å²) < 4.78 is 13.3. The zero-order valence-corrected chi connectivity index (χ0v) is 15.5. The first kappa shape index (κ1) is 18.3. The van der Waals surface area contributed by atoms with E-state index in [1.54, 1.807) is 22.3 Å². The number of aromatic nitrogens is 1. The van der Waals surface area contributed by atoms with Crippen LogP contribution in [-0.2, 0) is 24.2 Å². The van der Waals surface area contributed by atoms with Gasteiger partial charge in [0.15, 0.2) is 0 Å². The topological polar surface area (TPSA) is 33.2 Å². The minimum atomic E-state index is -0.281. The first-order valence-corrected chi connectivity index (χ1v) is 9.51. The highest BCUT2D eigenvalue weighted by Crippen LogP contribution is 2.16. The Labute approximate surface area is 157 Å². The van der Waals surface area contributed by atoms with Crippen molar-refractivity contribution in [3.63, 3.8) is 0 Å². The summed E-state index contributed by atoms with van der Waals surface area (Å²) in [5.41, 5.74) is 2.80. The molecule has 1 heterocycles. The van der Waals surface area contributed by atoms with Gasteiger partial charge < -0.3 is 4.90 Å². The number of amides is 1. The van der Waals surface area contributed by atoms with E-state index in [1.165, 1.54) is 17.7 Å². The average Bonchev–Trinajstić information content (AvgIpc) is 3.07. The largest absolute Gasteiger partial charge is 0.338 e. The van der Waals surface area contributed by atoms with Crippen LogP contribution >= 0.6 is 11.3 Å². The SMILES string of the molecule is CCN(Cc1cccc(F)c1)C(=O)Cc1csc(Cc2ccccc2)n1. The Morgan fingerprint density at radius 1 is 1.12 bits per heavy atom. The van der Waals surface area contributed by atoms with Gasteiger partial charge in [-0.2, -0.15) is 0 Å². The maximum absolute atomic E-state index is 13.3. The summed E-state index contributed by atoms with van der Waals surface area (Å²) in [6.07, 6.45) is 1.05. The van der Waals surface area contributed by atoms with Crippen LogP contribution in [0.3, 0.4) is 0 Å². The van der Waals surface area contributed by atoms with E-state index in [9.17, 15) is 9.18 Å². The van der Waals surface area contributed by atoms with Gasteiger partial charge in [0.1, 0.15) is 5.82 Å². The van der Waals surface area contributed by atoms with E-state index in [2.05, 4.69) is 17.1 Å². The smallest absolute Gasteiger partial charge is 0.228 e. The summed E-state index contributed by atoms with van der Waals surface area (Å²) in [6.45, 7) is 2.92. The Balaban J connectivity index is 1.61. The fraction of sp³-hybridized carbons (Fsp3) is 0.238. The van der Waals surface area contributed by atoms with Crippen molar-refractivity contribution in [2.75, 3.05) is 6.54 Å². The second-order valence-electron chi connectivity index (χ2n) is 6.11. The van der Waals surface area contributed by atoms with Crippen molar-refractivity contribution in [2.45, 2.75) is 26.3 Å². The monoisotopic (exact) mass is 368 g/mol. The Hall–Kier alpha value is -2.53. The highest BCUT2D eigenvalue weighted by atomic mass is 32.1. The van der Waals surface area contributed by atoms with Gasteiger partial charge in [0.25, 0.3) is 0 Å². The summed E-state index contributed by atoms with van der Waals surface area (Å²) in [6, 6.07) is 16.5. The second kappa shape index (κ2) is 8.72. The van der Waals surface area contributed by atoms with E-state index in [1.807, 2.05) is 36.6 Å². The summed E-state index contributed by atoms with van der Waals surface area (Å²) >= 11 is 1.58. The number of hydrogen-bond acceptors (Lipinski definition) is 3. The molecule has 5 heteroatoms. The number of halogens is 1. The first-order chi connectivity index (χ1) is 12.6. The van der Waals surface area contributed by atoms with Gasteiger partial charge in [-0.05, 0) is 30.2 Å². The third kappa shape index (κ3) is 4.99. The van der Waals surface area contributed by atoms with Crippen molar-refractivity contribution in [2.24, 2.45) is 0 Å². The lowest BCUT2D eigenvalue weighted by molar-refractivity contribution is -0.130. The van der Waals surface area contributed by atoms with Gasteiger partial charge in [-0.1, -0.05) is 42.5 Å². The molecule has 0 aliphatic rings. The number of carbonyl (C=O) groups excluding carboxylic acids is 1. The molecule has 134 valence electrons. The molecule has 1 aromatic heterocycles. The van der Waals surface area contributed by atoms with E-state index >= 15 is 0 Å². The fourth-order valence-corrected chi connectivity index (χ4v) is 3.61. The van der Waals surface area contributed by atoms with Crippen LogP contribution < -0.4 is 0 Å². The molecule has 2 aromatic carbocycles. The van der Waals surface area contributed by atoms with Crippen molar-refractivity contribution >= 4 is 17.2 Å². The molecule has 26 heavy (non-hydrogen) atoms. The maximum atomic E-state index is 13.3. The molecule has 0 aliphatic heterocycles. The number of hydrogen-bond donors (Lipinski definition) is 0. The molecule has 1 amide bonds. The summed E-state index contributed by atoms with van der Waals surface area (Å²) in [7, 11) is 0. The van der Waals surface area contributed by atoms with Gasteiger partial charge in [0.2, 0.25) is 5.91 Å². The molecule has 3 nitrogen and oxygen atoms in total. The second-order valence-corrected chi connectivity index (χ2v) is 7.05. The summed E-state index contributed by atoms with van der Waals surface area (Å²) in [5.74, 6) is -0.274. The Morgan fingerprint density at radius 3 is 2.62 bits per heavy atom. The van der Waals surface area contributed by atoms with Gasteiger partial charge in [0.05, 0.1) is 17.1 Å². The molecule has 0 saturated heterocycles. The van der Waals surface area contributed by atoms with E-state index < -0.39 is 0 Å². The van der Waals surface area contributed by atoms with Crippen molar-refractivity contribution in [1.82, 2.24) is 9.88 Å². The number of likely N-dealkylation sites (N-methyl/N-ethyl adjacent to an activating group) is 1. The Bertz CT molecular complexity index is 863. The molecule has 0 atom stereocenters. The minimum Gasteiger partial charge on any atom is -0.338 e. The van der Waals surface area contributed by atoms with Crippen LogP contribution in [0.2, 0.25) is 0 Å². The van der Waals surface area contributed by atoms with E-state index in [4.69, 9.17) is 0 Å². The van der Waals surface area contributed by atoms with Gasteiger partial charge in [-0.25, -0.2) is 9.37 Å². The molecule has 0 unspecified atom stereocenters. The van der Waals surface area contributed by atoms with E-state index in [0.717, 1.165) is 22.7 Å². The van der Waals surface area contributed by atoms with Gasteiger partial charge in [-0.3, -0.25) is 4.79 Å². The molecule has 0 fully saturated rings. The van der Waals surface area contributed by atoms with Gasteiger partial charge in [0, 0.05) is 24.9 Å². The lowest BCUT2D eigenvalue weighted by Crippen LogP contribution is -2.31. The third-order valence-electron chi connectivity index (χ3n) is 4.13. The van der Waals surface area contributed by atoms with Crippen LogP contribution in [0.5, 0.6) is 0 Å². The summed E-state index contributed by atoms with van der Waals surface area (Å²) in [5, 5.41) is 2.96. The number of rotatable bonds is 7. The first-order valence-electron chi connectivity index (χ1n) is 8.63. The molecule has 0 bridgehead atoms. The zero-order chi connectivity index (χ0) is 18.4. The normalized spacial score (nSPS) is 10.7. The quantitative estimate of drug-likeness (QED) is 0.617. The lowest BCUT2D eigenvalue weighted by Gasteiger charge is -2.20. The average molecular weight is 368 g/mol. The Kier molecular flexibility index (Phi) is 6.12. The molecule has 0 N–H and O–H groups in total. The van der Waals surface area contributed by atoms with Crippen LogP contribution in [0.15, 0.2) is 60.0 Å². The molecule has 0 radical (unpaired) electrons. The number of carbonyl (C=O) groups is 1. The molecular formula is C21H21FN2OS. The number of thiazole rings is 1. The maximum Gasteiger partial charge on any atom is 0.228 e. The molecule has 0 spiro atoms. The van der Waals surface area contributed by atoms with Crippen molar-refractivity contribution < 1.29 is 9.18 Å². The van der Waals surface area contributed by atoms with Crippen LogP contribution in [-0.4, -0.2) is 22.3 Å². The van der Waals surface area contributed by atoms with Gasteiger partial charge >= 0.3 is 0 Å². The third-order valence-corrected chi connectivity index (χ3v) is 5.02. The van der Waals surface area contributed by atoms with E-state index in [0.29, 0.717) is 13.1 Å². The molecule has 0 saturated carbocycles. The van der Waals surface area contributed by atoms with Crippen LogP contribution in [0, 0.1) is 5.82 Å². The zero-order valence-electron chi connectivity index (χ0n) is 14.7. The molecule has 0 aliphatic carbocycles. The fourth-order valence-electron chi connectivity index (χ4n) is 2.78. The van der Waals surface area contributed by atoms with Crippen molar-refractivity contribution in [1.29, 1.82) is 0 Å². The van der Waals surface area contributed by atoms with Crippen LogP contribution in [0.25, 0.3) is 0 Å². The standard InChI is InChI=1S/C21H21FN2OS/c1-2-24(14-17-9-6-10-18(22)11-17)21(25)13-19-15-26-20(23-19)12-16-7-4-3-5-8-16/h3-11,15H,2,12-14H2,1H3. The lowest BCUT2D eigenvalue weighted by atomic mass is 10.2. The number of benzene rings is 2. The number of nitrogens with zero attached hydrogens (tertiary/aromatic N) is 2. The highest BCUT2D eigenvalue weighted by molar-refractivity contribution is 7.09. The van der Waals surface area contributed by atoms with E-state index in [-0.39, 0.29) is 18.1 Å². The van der Waals surface area contributed by atoms with Crippen LogP contribution in [0.4, 0.5) is 4.39 Å². The Morgan fingerprint density at radius 2 is 1.88 bits per heavy atom. The van der Waals surface area contributed by atoms with Crippen LogP contribution in [0.1, 0.15) is 28.8 Å². The van der Waals surface area contributed by atoms with Crippen molar-refractivity contribution in [3.8, 4) is 0 Å². The molecule has 3 aromatic rings. The highest BCUT2D eigenvalue weighted by Gasteiger charge is 2.15. The predicted octanol–water partition coefficient (Wildman–Crippen LogP) is 4.46.